The average Bonchev–Trinajstić information content (AvgIpc) is 2.35. The molecule has 0 fully saturated rings. The number of hydrogen-bond donors (Lipinski definition) is 0. The van der Waals surface area contributed by atoms with Crippen molar-refractivity contribution in [2.45, 2.75) is 13.5 Å². The van der Waals surface area contributed by atoms with Crippen molar-refractivity contribution < 1.29 is 9.53 Å². The minimum absolute atomic E-state index is 0.291. The number of carbonyl (C=O) groups excluding carboxylic acids is 1. The lowest BCUT2D eigenvalue weighted by molar-refractivity contribution is -0.141. The lowest BCUT2D eigenvalue weighted by Gasteiger charge is -1.99. The molecule has 0 saturated carbocycles. The zero-order chi connectivity index (χ0) is 8.97. The number of aromatic nitrogens is 3. The first-order valence-electron chi connectivity index (χ1n) is 3.37. The zero-order valence-corrected chi connectivity index (χ0v) is 8.11. The Morgan fingerprint density at radius 2 is 2.58 bits per heavy atom. The van der Waals surface area contributed by atoms with Crippen molar-refractivity contribution in [3.63, 3.8) is 0 Å². The van der Waals surface area contributed by atoms with Gasteiger partial charge >= 0.3 is 5.97 Å². The summed E-state index contributed by atoms with van der Waals surface area (Å²) in [5.74, 6) is -0.291. The predicted octanol–water partition coefficient (Wildman–Crippen LogP) is 0.604. The second-order valence-corrected chi connectivity index (χ2v) is 2.92. The van der Waals surface area contributed by atoms with E-state index >= 15 is 0 Å². The van der Waals surface area contributed by atoms with E-state index in [-0.39, 0.29) is 5.97 Å². The second kappa shape index (κ2) is 4.20. The van der Waals surface area contributed by atoms with E-state index in [1.807, 2.05) is 0 Å². The van der Waals surface area contributed by atoms with Gasteiger partial charge in [-0.15, -0.1) is 5.10 Å². The Kier molecular flexibility index (Phi) is 3.21. The summed E-state index contributed by atoms with van der Waals surface area (Å²) in [5.41, 5.74) is 0. The molecule has 0 aromatic carbocycles. The molecule has 0 aliphatic heterocycles. The molecule has 1 rings (SSSR count). The number of nitrogens with zero attached hydrogens (tertiary/aromatic N) is 3. The monoisotopic (exact) mass is 233 g/mol. The van der Waals surface area contributed by atoms with Crippen molar-refractivity contribution in [2.24, 2.45) is 0 Å². The highest BCUT2D eigenvalue weighted by Crippen LogP contribution is 2.00. The maximum Gasteiger partial charge on any atom is 0.302 e. The van der Waals surface area contributed by atoms with Gasteiger partial charge in [0.15, 0.2) is 0 Å². The van der Waals surface area contributed by atoms with Crippen LogP contribution in [0.15, 0.2) is 10.8 Å². The smallest absolute Gasteiger partial charge is 0.302 e. The van der Waals surface area contributed by atoms with E-state index in [4.69, 9.17) is 4.74 Å². The van der Waals surface area contributed by atoms with E-state index in [1.165, 1.54) is 11.7 Å². The third-order valence-electron chi connectivity index (χ3n) is 1.11. The summed E-state index contributed by atoms with van der Waals surface area (Å²) in [4.78, 5) is 11.8. The van der Waals surface area contributed by atoms with Gasteiger partial charge in [0.25, 0.3) is 0 Å². The van der Waals surface area contributed by atoms with E-state index < -0.39 is 0 Å². The van der Waals surface area contributed by atoms with Gasteiger partial charge in [-0.05, 0) is 15.9 Å². The molecule has 1 aromatic heterocycles. The Balaban J connectivity index is 2.29. The van der Waals surface area contributed by atoms with Crippen LogP contribution >= 0.6 is 15.9 Å². The molecule has 0 bridgehead atoms. The minimum Gasteiger partial charge on any atom is -0.464 e. The Morgan fingerprint density at radius 1 is 1.83 bits per heavy atom. The molecule has 1 heterocycles. The minimum atomic E-state index is -0.291. The third-order valence-corrected chi connectivity index (χ3v) is 1.47. The molecule has 5 nitrogen and oxygen atoms in total. The maximum absolute atomic E-state index is 10.4. The van der Waals surface area contributed by atoms with Gasteiger partial charge in [-0.25, -0.2) is 0 Å². The first kappa shape index (κ1) is 9.18. The lowest BCUT2D eigenvalue weighted by atomic mass is 10.7. The van der Waals surface area contributed by atoms with Crippen LogP contribution in [0.1, 0.15) is 6.92 Å². The predicted molar refractivity (Wildman–Crippen MR) is 44.4 cm³/mol. The molecule has 0 radical (unpaired) electrons. The Morgan fingerprint density at radius 3 is 3.08 bits per heavy atom. The van der Waals surface area contributed by atoms with Gasteiger partial charge in [0.2, 0.25) is 0 Å². The third kappa shape index (κ3) is 3.00. The van der Waals surface area contributed by atoms with Crippen LogP contribution in [-0.4, -0.2) is 27.6 Å². The van der Waals surface area contributed by atoms with Crippen molar-refractivity contribution >= 4 is 21.9 Å². The highest BCUT2D eigenvalue weighted by Gasteiger charge is 1.97. The Labute approximate surface area is 77.8 Å². The summed E-state index contributed by atoms with van der Waals surface area (Å²) >= 11 is 3.15. The van der Waals surface area contributed by atoms with Crippen LogP contribution in [0.5, 0.6) is 0 Å². The van der Waals surface area contributed by atoms with Gasteiger partial charge in [-0.3, -0.25) is 4.79 Å². The topological polar surface area (TPSA) is 57.0 Å². The molecule has 0 spiro atoms. The van der Waals surface area contributed by atoms with Crippen LogP contribution < -0.4 is 0 Å². The molecule has 0 N–H and O–H groups in total. The van der Waals surface area contributed by atoms with Crippen molar-refractivity contribution in [1.82, 2.24) is 15.0 Å². The lowest BCUT2D eigenvalue weighted by Crippen LogP contribution is -2.10. The number of carbonyl (C=O) groups is 1. The van der Waals surface area contributed by atoms with E-state index in [9.17, 15) is 4.79 Å². The van der Waals surface area contributed by atoms with Gasteiger partial charge in [-0.1, -0.05) is 0 Å². The Bertz CT molecular complexity index is 274. The standard InChI is InChI=1S/C6H8BrN3O2/c1-5(11)12-3-2-10-8-4-6(7)9-10/h4H,2-3H2,1H3. The Hall–Kier alpha value is -0.910. The van der Waals surface area contributed by atoms with E-state index in [1.54, 1.807) is 6.20 Å². The van der Waals surface area contributed by atoms with Crippen LogP contribution in [0.2, 0.25) is 0 Å². The molecular formula is C6H8BrN3O2. The van der Waals surface area contributed by atoms with E-state index in [2.05, 4.69) is 26.1 Å². The van der Waals surface area contributed by atoms with Gasteiger partial charge in [-0.2, -0.15) is 9.90 Å². The normalized spacial score (nSPS) is 9.83. The molecule has 6 heteroatoms. The summed E-state index contributed by atoms with van der Waals surface area (Å²) in [6.07, 6.45) is 1.58. The number of rotatable bonds is 3. The molecular weight excluding hydrogens is 226 g/mol. The van der Waals surface area contributed by atoms with Gasteiger partial charge in [0.05, 0.1) is 12.7 Å². The van der Waals surface area contributed by atoms with Crippen LogP contribution in [-0.2, 0) is 16.1 Å². The fraction of sp³-hybridized carbons (Fsp3) is 0.500. The molecule has 0 saturated heterocycles. The molecule has 66 valence electrons. The molecule has 0 aliphatic carbocycles. The van der Waals surface area contributed by atoms with E-state index in [0.29, 0.717) is 17.8 Å². The van der Waals surface area contributed by atoms with Crippen molar-refractivity contribution in [3.8, 4) is 0 Å². The van der Waals surface area contributed by atoms with Crippen molar-refractivity contribution in [2.75, 3.05) is 6.61 Å². The number of ether oxygens (including phenoxy) is 1. The summed E-state index contributed by atoms with van der Waals surface area (Å²) in [7, 11) is 0. The summed E-state index contributed by atoms with van der Waals surface area (Å²) in [6.45, 7) is 2.15. The molecule has 0 unspecified atom stereocenters. The first-order valence-corrected chi connectivity index (χ1v) is 4.17. The summed E-state index contributed by atoms with van der Waals surface area (Å²) in [5, 5.41) is 7.82. The van der Waals surface area contributed by atoms with Crippen LogP contribution in [0.25, 0.3) is 0 Å². The number of hydrogen-bond acceptors (Lipinski definition) is 4. The number of halogens is 1. The largest absolute Gasteiger partial charge is 0.464 e. The van der Waals surface area contributed by atoms with Crippen molar-refractivity contribution in [1.29, 1.82) is 0 Å². The maximum atomic E-state index is 10.4. The second-order valence-electron chi connectivity index (χ2n) is 2.10. The first-order chi connectivity index (χ1) is 5.68. The number of esters is 1. The van der Waals surface area contributed by atoms with Crippen LogP contribution in [0, 0.1) is 0 Å². The average molecular weight is 234 g/mol. The van der Waals surface area contributed by atoms with Crippen LogP contribution in [0.3, 0.4) is 0 Å². The molecule has 1 aromatic rings. The van der Waals surface area contributed by atoms with Crippen LogP contribution in [0.4, 0.5) is 0 Å². The molecule has 0 amide bonds. The van der Waals surface area contributed by atoms with Gasteiger partial charge in [0.1, 0.15) is 11.2 Å². The highest BCUT2D eigenvalue weighted by molar-refractivity contribution is 9.10. The quantitative estimate of drug-likeness (QED) is 0.718. The highest BCUT2D eigenvalue weighted by atomic mass is 79.9. The van der Waals surface area contributed by atoms with Crippen molar-refractivity contribution in [3.05, 3.63) is 10.8 Å². The van der Waals surface area contributed by atoms with Gasteiger partial charge in [0, 0.05) is 6.92 Å². The summed E-state index contributed by atoms with van der Waals surface area (Å²) in [6, 6.07) is 0. The SMILES string of the molecule is CC(=O)OCCn1ncc(Br)n1. The zero-order valence-electron chi connectivity index (χ0n) is 6.53. The molecule has 0 aliphatic rings. The summed E-state index contributed by atoms with van der Waals surface area (Å²) < 4.78 is 5.37. The molecule has 0 atom stereocenters. The van der Waals surface area contributed by atoms with E-state index in [0.717, 1.165) is 0 Å². The molecule has 12 heavy (non-hydrogen) atoms. The fourth-order valence-electron chi connectivity index (χ4n) is 0.655. The fourth-order valence-corrected chi connectivity index (χ4v) is 0.930. The van der Waals surface area contributed by atoms with Gasteiger partial charge < -0.3 is 4.74 Å².